The molecule has 0 amide bonds. The number of para-hydroxylation sites is 1. The van der Waals surface area contributed by atoms with E-state index < -0.39 is 36.6 Å². The molecule has 0 spiro atoms. The van der Waals surface area contributed by atoms with Crippen molar-refractivity contribution in [2.75, 3.05) is 39.2 Å². The number of anilines is 1. The lowest BCUT2D eigenvalue weighted by molar-refractivity contribution is -0.187. The van der Waals surface area contributed by atoms with Crippen LogP contribution in [0.15, 0.2) is 66.7 Å². The van der Waals surface area contributed by atoms with Gasteiger partial charge in [-0.05, 0) is 84.2 Å². The molecule has 4 fully saturated rings. The van der Waals surface area contributed by atoms with Crippen molar-refractivity contribution in [1.29, 1.82) is 0 Å². The van der Waals surface area contributed by atoms with E-state index in [2.05, 4.69) is 49.6 Å². The van der Waals surface area contributed by atoms with Gasteiger partial charge in [-0.3, -0.25) is 15.5 Å². The molecule has 3 aromatic rings. The highest BCUT2D eigenvalue weighted by molar-refractivity contribution is 5.76. The van der Waals surface area contributed by atoms with E-state index in [1.807, 2.05) is 67.5 Å². The van der Waals surface area contributed by atoms with Crippen molar-refractivity contribution in [1.82, 2.24) is 15.7 Å². The van der Waals surface area contributed by atoms with Crippen LogP contribution >= 0.6 is 0 Å². The number of aliphatic hydroxyl groups excluding tert-OH is 3. The van der Waals surface area contributed by atoms with Gasteiger partial charge in [0, 0.05) is 56.0 Å². The highest BCUT2D eigenvalue weighted by atomic mass is 16.7. The zero-order valence-corrected chi connectivity index (χ0v) is 32.0. The minimum atomic E-state index is -0.936. The molecule has 3 saturated carbocycles. The molecule has 3 aliphatic carbocycles. The summed E-state index contributed by atoms with van der Waals surface area (Å²) in [7, 11) is 5.64. The van der Waals surface area contributed by atoms with E-state index in [4.69, 9.17) is 15.3 Å². The number of hydrogen-bond donors (Lipinski definition) is 6. The first kappa shape index (κ1) is 38.7. The molecule has 10 nitrogen and oxygen atoms in total. The van der Waals surface area contributed by atoms with Gasteiger partial charge in [0.15, 0.2) is 0 Å². The van der Waals surface area contributed by atoms with Crippen LogP contribution in [-0.2, 0) is 17.8 Å². The van der Waals surface area contributed by atoms with Crippen molar-refractivity contribution < 1.29 is 24.9 Å². The second kappa shape index (κ2) is 16.1. The normalized spacial score (nSPS) is 28.6. The van der Waals surface area contributed by atoms with E-state index in [1.54, 1.807) is 19.1 Å². The Morgan fingerprint density at radius 2 is 1.79 bits per heavy atom. The first-order chi connectivity index (χ1) is 24.8. The van der Waals surface area contributed by atoms with Crippen LogP contribution in [0.25, 0.3) is 11.1 Å². The highest BCUT2D eigenvalue weighted by Gasteiger charge is 2.57. The lowest BCUT2D eigenvalue weighted by Crippen LogP contribution is -2.63. The number of methoxy groups -OCH3 is 1. The summed E-state index contributed by atoms with van der Waals surface area (Å²) in [6, 6.07) is 22.0. The van der Waals surface area contributed by atoms with Crippen molar-refractivity contribution >= 4 is 5.69 Å². The second-order valence-corrected chi connectivity index (χ2v) is 16.2. The van der Waals surface area contributed by atoms with Crippen LogP contribution in [0.1, 0.15) is 63.5 Å². The third-order valence-corrected chi connectivity index (χ3v) is 12.6. The van der Waals surface area contributed by atoms with Crippen LogP contribution in [0.2, 0.25) is 0 Å². The number of nitrogens with zero attached hydrogens (tertiary/aromatic N) is 2. The Morgan fingerprint density at radius 1 is 1.04 bits per heavy atom. The molecule has 10 heteroatoms. The summed E-state index contributed by atoms with van der Waals surface area (Å²) in [5.74, 6) is 1.97. The molecular formula is C42H61N5O5. The van der Waals surface area contributed by atoms with Crippen LogP contribution in [0.4, 0.5) is 5.69 Å². The SMILES string of the molecule is COc1c(CN2O[C@@H](CN)[C@@H]([C@H](C)O)[C@H]2C(O)N[C@H]2C[C@@H]3C[C@@H]([C@@H]2C)C3(C)C)cccc1-c1cc(C(O)NCCc2ccccc2)cc(N(C)C)c1. The van der Waals surface area contributed by atoms with Gasteiger partial charge in [-0.1, -0.05) is 69.3 Å². The van der Waals surface area contributed by atoms with Gasteiger partial charge in [-0.25, -0.2) is 0 Å². The molecule has 0 aromatic heterocycles. The lowest BCUT2D eigenvalue weighted by Gasteiger charge is -2.62. The number of fused-ring (bicyclic) bond motifs is 2. The van der Waals surface area contributed by atoms with Gasteiger partial charge >= 0.3 is 0 Å². The van der Waals surface area contributed by atoms with Gasteiger partial charge in [-0.15, -0.1) is 0 Å². The van der Waals surface area contributed by atoms with Crippen molar-refractivity contribution in [2.45, 2.75) is 90.2 Å². The average molecular weight is 716 g/mol. The Bertz CT molecular complexity index is 1640. The van der Waals surface area contributed by atoms with Gasteiger partial charge in [-0.2, -0.15) is 5.06 Å². The Labute approximate surface area is 310 Å². The number of hydroxylamine groups is 2. The predicted octanol–water partition coefficient (Wildman–Crippen LogP) is 4.67. The van der Waals surface area contributed by atoms with Crippen molar-refractivity contribution in [3.05, 3.63) is 83.4 Å². The molecule has 1 saturated heterocycles. The number of benzene rings is 3. The number of ether oxygens (including phenoxy) is 1. The van der Waals surface area contributed by atoms with Crippen LogP contribution in [-0.4, -0.2) is 85.2 Å². The summed E-state index contributed by atoms with van der Waals surface area (Å²) in [6.07, 6.45) is 0.0812. The van der Waals surface area contributed by atoms with Gasteiger partial charge < -0.3 is 30.7 Å². The third kappa shape index (κ3) is 7.77. The molecule has 4 aliphatic rings. The van der Waals surface area contributed by atoms with Crippen LogP contribution in [0.5, 0.6) is 5.75 Å². The summed E-state index contributed by atoms with van der Waals surface area (Å²) >= 11 is 0. The molecule has 0 radical (unpaired) electrons. The molecule has 52 heavy (non-hydrogen) atoms. The number of hydrogen-bond acceptors (Lipinski definition) is 10. The van der Waals surface area contributed by atoms with E-state index in [9.17, 15) is 15.3 Å². The van der Waals surface area contributed by atoms with Gasteiger partial charge in [0.1, 0.15) is 18.2 Å². The number of aliphatic hydroxyl groups is 3. The molecule has 10 atom stereocenters. The van der Waals surface area contributed by atoms with E-state index >= 15 is 0 Å². The molecule has 284 valence electrons. The Morgan fingerprint density at radius 3 is 2.42 bits per heavy atom. The van der Waals surface area contributed by atoms with Crippen LogP contribution in [0, 0.1) is 29.1 Å². The minimum Gasteiger partial charge on any atom is -0.496 e. The zero-order valence-electron chi connectivity index (χ0n) is 32.0. The van der Waals surface area contributed by atoms with Crippen LogP contribution in [0.3, 0.4) is 0 Å². The maximum absolute atomic E-state index is 11.9. The Balaban J connectivity index is 1.25. The summed E-state index contributed by atoms with van der Waals surface area (Å²) in [6.45, 7) is 9.96. The first-order valence-corrected chi connectivity index (χ1v) is 19.0. The zero-order chi connectivity index (χ0) is 37.3. The van der Waals surface area contributed by atoms with E-state index in [-0.39, 0.29) is 12.6 Å². The molecule has 7 rings (SSSR count). The molecule has 7 N–H and O–H groups in total. The fourth-order valence-corrected chi connectivity index (χ4v) is 9.39. The summed E-state index contributed by atoms with van der Waals surface area (Å²) < 4.78 is 6.12. The van der Waals surface area contributed by atoms with Crippen molar-refractivity contribution in [2.24, 2.45) is 34.8 Å². The standard InChI is InChI=1S/C42H61N5O5/c1-25-34-21-31(42(34,3)4)22-35(25)45-41(50)38-37(26(2)48)36(23-43)52-47(38)24-28-14-11-15-33(39(28)51-7)29-18-30(20-32(19-29)46(5)6)40(49)44-17-16-27-12-9-8-10-13-27/h8-15,18-20,25-26,31,34-38,40-41,44-45,48-50H,16-17,21-24,43H2,1-7H3/t25-,26-,31-,34-,35-,36-,37+,38-,40?,41?/m0/s1. The Kier molecular flexibility index (Phi) is 12.0. The average Bonchev–Trinajstić information content (AvgIpc) is 3.51. The predicted molar refractivity (Wildman–Crippen MR) is 206 cm³/mol. The monoisotopic (exact) mass is 715 g/mol. The van der Waals surface area contributed by atoms with Crippen LogP contribution < -0.4 is 26.0 Å². The smallest absolute Gasteiger partial charge is 0.131 e. The third-order valence-electron chi connectivity index (χ3n) is 12.6. The summed E-state index contributed by atoms with van der Waals surface area (Å²) in [5, 5.41) is 42.9. The fourth-order valence-electron chi connectivity index (χ4n) is 9.39. The lowest BCUT2D eigenvalue weighted by atomic mass is 9.44. The van der Waals surface area contributed by atoms with Gasteiger partial charge in [0.25, 0.3) is 0 Å². The minimum absolute atomic E-state index is 0.180. The highest BCUT2D eigenvalue weighted by Crippen LogP contribution is 2.61. The van der Waals surface area contributed by atoms with E-state index in [0.29, 0.717) is 42.0 Å². The maximum Gasteiger partial charge on any atom is 0.131 e. The molecule has 2 bridgehead atoms. The summed E-state index contributed by atoms with van der Waals surface area (Å²) in [5.41, 5.74) is 12.1. The van der Waals surface area contributed by atoms with Crippen molar-refractivity contribution in [3.63, 3.8) is 0 Å². The topological polar surface area (TPSA) is 136 Å². The van der Waals surface area contributed by atoms with E-state index in [1.165, 1.54) is 12.0 Å². The number of nitrogens with two attached hydrogens (primary N) is 1. The number of nitrogens with one attached hydrogen (secondary N) is 2. The Hall–Kier alpha value is -3.06. The first-order valence-electron chi connectivity index (χ1n) is 19.0. The van der Waals surface area contributed by atoms with E-state index in [0.717, 1.165) is 40.8 Å². The maximum atomic E-state index is 11.9. The largest absolute Gasteiger partial charge is 0.496 e. The van der Waals surface area contributed by atoms with Gasteiger partial charge in [0.2, 0.25) is 0 Å². The number of rotatable bonds is 15. The molecular weight excluding hydrogens is 654 g/mol. The fraction of sp³-hybridized carbons (Fsp3) is 0.571. The van der Waals surface area contributed by atoms with Gasteiger partial charge in [0.05, 0.1) is 31.9 Å². The quantitative estimate of drug-likeness (QED) is 0.123. The second-order valence-electron chi connectivity index (χ2n) is 16.2. The molecule has 2 unspecified atom stereocenters. The molecule has 1 heterocycles. The van der Waals surface area contributed by atoms with Crippen molar-refractivity contribution in [3.8, 4) is 16.9 Å². The summed E-state index contributed by atoms with van der Waals surface area (Å²) in [4.78, 5) is 8.49. The molecule has 3 aromatic carbocycles. The molecule has 1 aliphatic heterocycles.